The molecule has 44 heavy (non-hydrogen) atoms. The van der Waals surface area contributed by atoms with Crippen molar-refractivity contribution in [1.82, 2.24) is 10.6 Å². The molecule has 0 rings (SSSR count). The zero-order valence-electron chi connectivity index (χ0n) is 23.3. The number of aliphatic carboxylic acids is 2. The first kappa shape index (κ1) is 48.6. The molecule has 10 nitrogen and oxygen atoms in total. The minimum Gasteiger partial charge on any atom is -0.477 e. The Kier molecular flexibility index (Phi) is 24.6. The fraction of sp³-hybridized carbons (Fsp3) is 0.900. The van der Waals surface area contributed by atoms with Gasteiger partial charge in [0.15, 0.2) is 0 Å². The Morgan fingerprint density at radius 2 is 0.659 bits per heavy atom. The third-order valence-electron chi connectivity index (χ3n) is 3.97. The van der Waals surface area contributed by atoms with Crippen molar-refractivity contribution < 1.29 is 100 Å². The number of nitrogens with one attached hydrogen (secondary N) is 2. The van der Waals surface area contributed by atoms with Crippen LogP contribution in [0.25, 0.3) is 0 Å². The second-order valence-corrected chi connectivity index (χ2v) is 7.37. The molecule has 0 aliphatic rings. The van der Waals surface area contributed by atoms with Crippen molar-refractivity contribution in [3.8, 4) is 0 Å². The lowest BCUT2D eigenvalue weighted by Gasteiger charge is -2.24. The molecule has 0 spiro atoms. The third-order valence-corrected chi connectivity index (χ3v) is 3.97. The van der Waals surface area contributed by atoms with Gasteiger partial charge in [-0.2, -0.15) is 61.5 Å². The summed E-state index contributed by atoms with van der Waals surface area (Å²) < 4.78 is 180. The number of ether oxygens (including phenoxy) is 4. The van der Waals surface area contributed by atoms with E-state index < -0.39 is 48.0 Å². The lowest BCUT2D eigenvalue weighted by atomic mass is 10.1. The maximum atomic E-state index is 11.8. The van der Waals surface area contributed by atoms with Crippen LogP contribution < -0.4 is 10.6 Å². The fourth-order valence-electron chi connectivity index (χ4n) is 1.57. The Bertz CT molecular complexity index is 696. The summed E-state index contributed by atoms with van der Waals surface area (Å²) in [4.78, 5) is 18.8. The van der Waals surface area contributed by atoms with Crippen LogP contribution in [0.5, 0.6) is 0 Å². The highest BCUT2D eigenvalue weighted by atomic mass is 19.4. The van der Waals surface area contributed by atoms with Gasteiger partial charge in [-0.3, -0.25) is 0 Å². The number of halogens is 14. The molecule has 0 radical (unpaired) electrons. The van der Waals surface area contributed by atoms with Gasteiger partial charge in [-0.1, -0.05) is 0 Å². The number of carbonyl (C=O) groups is 2. The van der Waals surface area contributed by atoms with Crippen LogP contribution in [-0.4, -0.2) is 139 Å². The normalized spacial score (nSPS) is 12.6. The maximum Gasteiger partial charge on any atom is 0.460 e. The van der Waals surface area contributed by atoms with Crippen molar-refractivity contribution in [2.24, 2.45) is 0 Å². The molecule has 0 aromatic rings. The summed E-state index contributed by atoms with van der Waals surface area (Å²) in [7, 11) is 6.77. The van der Waals surface area contributed by atoms with Gasteiger partial charge in [0.2, 0.25) is 0 Å². The van der Waals surface area contributed by atoms with Gasteiger partial charge in [0.05, 0.1) is 26.4 Å². The molecule has 0 aliphatic heterocycles. The number of alkyl halides is 14. The second-order valence-electron chi connectivity index (χ2n) is 7.37. The summed E-state index contributed by atoms with van der Waals surface area (Å²) in [6, 6.07) is 0. The van der Waals surface area contributed by atoms with E-state index in [1.165, 1.54) is 0 Å². The number of carboxylic acids is 2. The van der Waals surface area contributed by atoms with Crippen LogP contribution in [0.3, 0.4) is 0 Å². The van der Waals surface area contributed by atoms with Crippen molar-refractivity contribution >= 4 is 11.9 Å². The predicted molar refractivity (Wildman–Crippen MR) is 120 cm³/mol. The van der Waals surface area contributed by atoms with E-state index in [-0.39, 0.29) is 0 Å². The lowest BCUT2D eigenvalue weighted by Crippen LogP contribution is -2.56. The molecular formula is C20H32F14N2O8. The highest BCUT2D eigenvalue weighted by Crippen LogP contribution is 2.47. The van der Waals surface area contributed by atoms with Crippen LogP contribution >= 0.6 is 0 Å². The molecule has 0 heterocycles. The van der Waals surface area contributed by atoms with Gasteiger partial charge in [-0.05, 0) is 0 Å². The van der Waals surface area contributed by atoms with Gasteiger partial charge in [0, 0.05) is 54.6 Å². The predicted octanol–water partition coefficient (Wildman–Crippen LogP) is 3.55. The number of carboxylic acid groups (broad SMARTS) is 2. The SMILES string of the molecule is COCCNCCOC.COCCNCCOC.O=C(O)C(F)(F)C(F)(F)C(F)(F)F.O=C(O)C(F)(F)C(F)(F)C(F)(F)F. The van der Waals surface area contributed by atoms with Crippen molar-refractivity contribution in [3.63, 3.8) is 0 Å². The summed E-state index contributed by atoms with van der Waals surface area (Å²) in [5.41, 5.74) is 0. The van der Waals surface area contributed by atoms with E-state index in [1.54, 1.807) is 28.4 Å². The van der Waals surface area contributed by atoms with Gasteiger partial charge >= 0.3 is 48.0 Å². The van der Waals surface area contributed by atoms with E-state index in [2.05, 4.69) is 10.6 Å². The molecule has 0 aromatic carbocycles. The van der Waals surface area contributed by atoms with E-state index in [4.69, 9.17) is 29.2 Å². The molecule has 0 amide bonds. The minimum atomic E-state index is -6.60. The Morgan fingerprint density at radius 1 is 0.477 bits per heavy atom. The minimum absolute atomic E-state index is 0.768. The number of methoxy groups -OCH3 is 4. The molecule has 0 aromatic heterocycles. The summed E-state index contributed by atoms with van der Waals surface area (Å²) in [5, 5.41) is 21.1. The van der Waals surface area contributed by atoms with Crippen molar-refractivity contribution in [2.45, 2.75) is 36.0 Å². The molecule has 0 saturated heterocycles. The molecule has 0 aliphatic carbocycles. The van der Waals surface area contributed by atoms with Gasteiger partial charge in [0.25, 0.3) is 0 Å². The first-order chi connectivity index (χ1) is 19.7. The van der Waals surface area contributed by atoms with Gasteiger partial charge < -0.3 is 39.8 Å². The Labute approximate surface area is 240 Å². The third kappa shape index (κ3) is 17.9. The smallest absolute Gasteiger partial charge is 0.460 e. The van der Waals surface area contributed by atoms with Crippen LogP contribution in [0.1, 0.15) is 0 Å². The molecule has 4 N–H and O–H groups in total. The summed E-state index contributed by atoms with van der Waals surface area (Å²) in [6.45, 7) is 6.68. The van der Waals surface area contributed by atoms with Crippen LogP contribution in [0, 0.1) is 0 Å². The Hall–Kier alpha value is -2.28. The topological polar surface area (TPSA) is 136 Å². The van der Waals surface area contributed by atoms with E-state index in [0.29, 0.717) is 0 Å². The van der Waals surface area contributed by atoms with E-state index >= 15 is 0 Å². The first-order valence-corrected chi connectivity index (χ1v) is 11.2. The number of hydrogen-bond donors (Lipinski definition) is 4. The quantitative estimate of drug-likeness (QED) is 0.140. The highest BCUT2D eigenvalue weighted by molar-refractivity contribution is 5.77. The highest BCUT2D eigenvalue weighted by Gasteiger charge is 2.77. The molecule has 0 bridgehead atoms. The maximum absolute atomic E-state index is 11.8. The van der Waals surface area contributed by atoms with Crippen LogP contribution in [-0.2, 0) is 28.5 Å². The monoisotopic (exact) mass is 694 g/mol. The summed E-state index contributed by atoms with van der Waals surface area (Å²) in [5.74, 6) is -32.5. The second kappa shape index (κ2) is 22.3. The van der Waals surface area contributed by atoms with Crippen LogP contribution in [0.4, 0.5) is 61.5 Å². The van der Waals surface area contributed by atoms with Crippen LogP contribution in [0.15, 0.2) is 0 Å². The summed E-state index contributed by atoms with van der Waals surface area (Å²) in [6.07, 6.45) is -13.2. The standard InChI is InChI=1S/2C6H15NO2.2C4HF7O2/c2*1-8-5-3-7-4-6-9-2;2*5-2(6,1(12)13)3(7,8)4(9,10)11/h2*7H,3-6H2,1-2H3;2*(H,12,13). The number of hydrogen-bond acceptors (Lipinski definition) is 8. The molecule has 0 fully saturated rings. The molecule has 268 valence electrons. The molecule has 0 saturated carbocycles. The molecule has 0 atom stereocenters. The molecule has 24 heteroatoms. The van der Waals surface area contributed by atoms with E-state index in [9.17, 15) is 71.1 Å². The van der Waals surface area contributed by atoms with Gasteiger partial charge in [-0.25, -0.2) is 9.59 Å². The Balaban J connectivity index is -0.000000246. The van der Waals surface area contributed by atoms with Crippen molar-refractivity contribution in [1.29, 1.82) is 0 Å². The summed E-state index contributed by atoms with van der Waals surface area (Å²) >= 11 is 0. The van der Waals surface area contributed by atoms with Crippen molar-refractivity contribution in [2.75, 3.05) is 81.0 Å². The lowest BCUT2D eigenvalue weighted by molar-refractivity contribution is -0.347. The van der Waals surface area contributed by atoms with Crippen molar-refractivity contribution in [3.05, 3.63) is 0 Å². The largest absolute Gasteiger partial charge is 0.477 e. The zero-order valence-corrected chi connectivity index (χ0v) is 23.3. The first-order valence-electron chi connectivity index (χ1n) is 11.2. The number of rotatable bonds is 16. The van der Waals surface area contributed by atoms with E-state index in [0.717, 1.165) is 52.6 Å². The van der Waals surface area contributed by atoms with E-state index in [1.807, 2.05) is 0 Å². The Morgan fingerprint density at radius 3 is 0.750 bits per heavy atom. The average Bonchev–Trinajstić information content (AvgIpc) is 2.88. The average molecular weight is 694 g/mol. The zero-order chi connectivity index (χ0) is 36.1. The van der Waals surface area contributed by atoms with Gasteiger partial charge in [-0.15, -0.1) is 0 Å². The molecule has 0 unspecified atom stereocenters. The molecular weight excluding hydrogens is 662 g/mol. The van der Waals surface area contributed by atoms with Gasteiger partial charge in [0.1, 0.15) is 0 Å². The van der Waals surface area contributed by atoms with Crippen LogP contribution in [0.2, 0.25) is 0 Å². The fourth-order valence-corrected chi connectivity index (χ4v) is 1.57.